The highest BCUT2D eigenvalue weighted by molar-refractivity contribution is 7.89. The summed E-state index contributed by atoms with van der Waals surface area (Å²) in [5.74, 6) is -0.0150. The molecule has 1 saturated heterocycles. The SMILES string of the molecule is CN(C)S(=O)(=O)C[C@@H]1CN(C(=O)c2ccc3c(c2)CCO3)C[C@H]1O. The molecule has 2 atom stereocenters. The quantitative estimate of drug-likeness (QED) is 0.819. The number of benzene rings is 1. The van der Waals surface area contributed by atoms with Gasteiger partial charge in [-0.25, -0.2) is 12.7 Å². The van der Waals surface area contributed by atoms with Crippen molar-refractivity contribution >= 4 is 15.9 Å². The number of aliphatic hydroxyl groups is 1. The largest absolute Gasteiger partial charge is 0.493 e. The molecule has 1 aromatic rings. The predicted octanol–water partition coefficient (Wildman–Crippen LogP) is -0.0542. The molecule has 1 amide bonds. The van der Waals surface area contributed by atoms with Gasteiger partial charge in [0.15, 0.2) is 0 Å². The molecule has 7 nitrogen and oxygen atoms in total. The van der Waals surface area contributed by atoms with Crippen molar-refractivity contribution in [1.29, 1.82) is 0 Å². The van der Waals surface area contributed by atoms with E-state index in [-0.39, 0.29) is 24.7 Å². The normalized spacial score (nSPS) is 23.4. The van der Waals surface area contributed by atoms with E-state index in [0.717, 1.165) is 22.0 Å². The standard InChI is InChI=1S/C16H22N2O5S/c1-17(2)24(21,22)10-13-8-18(9-14(13)19)16(20)12-3-4-15-11(7-12)5-6-23-15/h3-4,7,13-14,19H,5-6,8-10H2,1-2H3/t13-,14+/m0/s1. The van der Waals surface area contributed by atoms with Gasteiger partial charge in [-0.05, 0) is 23.8 Å². The first-order valence-corrected chi connectivity index (χ1v) is 9.52. The van der Waals surface area contributed by atoms with Crippen LogP contribution in [0.2, 0.25) is 0 Å². The molecule has 8 heteroatoms. The van der Waals surface area contributed by atoms with Crippen LogP contribution in [0.25, 0.3) is 0 Å². The van der Waals surface area contributed by atoms with Crippen molar-refractivity contribution in [2.24, 2.45) is 5.92 Å². The first-order valence-electron chi connectivity index (χ1n) is 7.91. The van der Waals surface area contributed by atoms with Crippen LogP contribution in [-0.4, -0.2) is 74.3 Å². The number of fused-ring (bicyclic) bond motifs is 1. The number of carbonyl (C=O) groups is 1. The molecule has 2 aliphatic rings. The topological polar surface area (TPSA) is 87.2 Å². The molecule has 0 saturated carbocycles. The van der Waals surface area contributed by atoms with Gasteiger partial charge in [0.05, 0.1) is 18.5 Å². The number of hydrogen-bond acceptors (Lipinski definition) is 5. The first-order chi connectivity index (χ1) is 11.3. The zero-order chi connectivity index (χ0) is 17.5. The van der Waals surface area contributed by atoms with Gasteiger partial charge in [0.25, 0.3) is 5.91 Å². The van der Waals surface area contributed by atoms with Crippen molar-refractivity contribution in [2.75, 3.05) is 39.5 Å². The molecule has 1 fully saturated rings. The molecule has 0 radical (unpaired) electrons. The van der Waals surface area contributed by atoms with Crippen LogP contribution >= 0.6 is 0 Å². The third-order valence-corrected chi connectivity index (χ3v) is 6.57. The molecule has 0 spiro atoms. The fraction of sp³-hybridized carbons (Fsp3) is 0.562. The van der Waals surface area contributed by atoms with Crippen LogP contribution in [0.1, 0.15) is 15.9 Å². The van der Waals surface area contributed by atoms with E-state index in [1.54, 1.807) is 12.1 Å². The maximum atomic E-state index is 12.7. The summed E-state index contributed by atoms with van der Waals surface area (Å²) in [6, 6.07) is 5.32. The van der Waals surface area contributed by atoms with Crippen molar-refractivity contribution in [3.8, 4) is 5.75 Å². The van der Waals surface area contributed by atoms with Crippen molar-refractivity contribution in [3.05, 3.63) is 29.3 Å². The smallest absolute Gasteiger partial charge is 0.253 e. The fourth-order valence-electron chi connectivity index (χ4n) is 3.11. The zero-order valence-corrected chi connectivity index (χ0v) is 14.6. The van der Waals surface area contributed by atoms with Gasteiger partial charge in [-0.15, -0.1) is 0 Å². The molecule has 2 heterocycles. The number of β-amino-alcohol motifs (C(OH)–C–C–N with tert-alkyl or cyclic N) is 1. The minimum atomic E-state index is -3.42. The number of carbonyl (C=O) groups excluding carboxylic acids is 1. The van der Waals surface area contributed by atoms with Crippen LogP contribution in [0.3, 0.4) is 0 Å². The lowest BCUT2D eigenvalue weighted by molar-refractivity contribution is 0.0764. The van der Waals surface area contributed by atoms with Gasteiger partial charge in [0, 0.05) is 45.1 Å². The van der Waals surface area contributed by atoms with E-state index in [0.29, 0.717) is 12.2 Å². The van der Waals surface area contributed by atoms with Crippen LogP contribution in [-0.2, 0) is 16.4 Å². The molecule has 0 unspecified atom stereocenters. The monoisotopic (exact) mass is 354 g/mol. The molecule has 0 aromatic heterocycles. The first kappa shape index (κ1) is 17.2. The van der Waals surface area contributed by atoms with E-state index in [1.807, 2.05) is 6.07 Å². The van der Waals surface area contributed by atoms with Crippen LogP contribution in [0.4, 0.5) is 0 Å². The van der Waals surface area contributed by atoms with Crippen LogP contribution in [0.15, 0.2) is 18.2 Å². The number of rotatable bonds is 4. The summed E-state index contributed by atoms with van der Waals surface area (Å²) in [5.41, 5.74) is 1.55. The number of amides is 1. The summed E-state index contributed by atoms with van der Waals surface area (Å²) < 4.78 is 30.6. The molecular formula is C16H22N2O5S. The van der Waals surface area contributed by atoms with Gasteiger partial charge in [-0.3, -0.25) is 4.79 Å². The van der Waals surface area contributed by atoms with Gasteiger partial charge >= 0.3 is 0 Å². The maximum Gasteiger partial charge on any atom is 0.253 e. The van der Waals surface area contributed by atoms with Crippen LogP contribution < -0.4 is 4.74 Å². The van der Waals surface area contributed by atoms with Gasteiger partial charge in [-0.2, -0.15) is 0 Å². The third-order valence-electron chi connectivity index (χ3n) is 4.61. The Balaban J connectivity index is 1.71. The summed E-state index contributed by atoms with van der Waals surface area (Å²) >= 11 is 0. The summed E-state index contributed by atoms with van der Waals surface area (Å²) in [5, 5.41) is 10.2. The Kier molecular flexibility index (Phi) is 4.54. The molecule has 0 aliphatic carbocycles. The summed E-state index contributed by atoms with van der Waals surface area (Å²) in [6.07, 6.45) is -0.0515. The average molecular weight is 354 g/mol. The predicted molar refractivity (Wildman–Crippen MR) is 88.5 cm³/mol. The molecule has 3 rings (SSSR count). The Morgan fingerprint density at radius 2 is 2.12 bits per heavy atom. The Bertz CT molecular complexity index is 747. The number of ether oxygens (including phenoxy) is 1. The highest BCUT2D eigenvalue weighted by atomic mass is 32.2. The van der Waals surface area contributed by atoms with Crippen molar-refractivity contribution < 1.29 is 23.1 Å². The minimum Gasteiger partial charge on any atom is -0.493 e. The van der Waals surface area contributed by atoms with Gasteiger partial charge in [0.2, 0.25) is 10.0 Å². The Morgan fingerprint density at radius 3 is 2.83 bits per heavy atom. The lowest BCUT2D eigenvalue weighted by Gasteiger charge is -2.18. The maximum absolute atomic E-state index is 12.7. The Hall–Kier alpha value is -1.64. The minimum absolute atomic E-state index is 0.153. The molecule has 2 aliphatic heterocycles. The van der Waals surface area contributed by atoms with Crippen LogP contribution in [0, 0.1) is 5.92 Å². The van der Waals surface area contributed by atoms with Gasteiger partial charge in [0.1, 0.15) is 5.75 Å². The molecule has 1 N–H and O–H groups in total. The van der Waals surface area contributed by atoms with E-state index in [2.05, 4.69) is 0 Å². The van der Waals surface area contributed by atoms with Gasteiger partial charge < -0.3 is 14.7 Å². The Labute approximate surface area is 141 Å². The second-order valence-corrected chi connectivity index (χ2v) is 8.75. The average Bonchev–Trinajstić information content (AvgIpc) is 3.12. The second-order valence-electron chi connectivity index (χ2n) is 6.52. The number of likely N-dealkylation sites (tertiary alicyclic amines) is 1. The van der Waals surface area contributed by atoms with Crippen molar-refractivity contribution in [3.63, 3.8) is 0 Å². The van der Waals surface area contributed by atoms with E-state index in [9.17, 15) is 18.3 Å². The molecule has 0 bridgehead atoms. The summed E-state index contributed by atoms with van der Waals surface area (Å²) in [4.78, 5) is 14.2. The van der Waals surface area contributed by atoms with Crippen molar-refractivity contribution in [1.82, 2.24) is 9.21 Å². The molecule has 1 aromatic carbocycles. The Morgan fingerprint density at radius 1 is 1.38 bits per heavy atom. The summed E-state index contributed by atoms with van der Waals surface area (Å²) in [6.45, 7) is 1.01. The highest BCUT2D eigenvalue weighted by Gasteiger charge is 2.37. The number of hydrogen-bond donors (Lipinski definition) is 1. The lowest BCUT2D eigenvalue weighted by Crippen LogP contribution is -2.33. The van der Waals surface area contributed by atoms with Crippen LogP contribution in [0.5, 0.6) is 5.75 Å². The second kappa shape index (κ2) is 6.34. The fourth-order valence-corrected chi connectivity index (χ4v) is 4.27. The van der Waals surface area contributed by atoms with E-state index < -0.39 is 22.0 Å². The van der Waals surface area contributed by atoms with Crippen molar-refractivity contribution in [2.45, 2.75) is 12.5 Å². The highest BCUT2D eigenvalue weighted by Crippen LogP contribution is 2.28. The number of nitrogens with zero attached hydrogens (tertiary/aromatic N) is 2. The number of aliphatic hydroxyl groups excluding tert-OH is 1. The molecule has 24 heavy (non-hydrogen) atoms. The lowest BCUT2D eigenvalue weighted by atomic mass is 10.1. The molecule has 132 valence electrons. The summed E-state index contributed by atoms with van der Waals surface area (Å²) in [7, 11) is -0.489. The third kappa shape index (κ3) is 3.26. The van der Waals surface area contributed by atoms with E-state index >= 15 is 0 Å². The van der Waals surface area contributed by atoms with Gasteiger partial charge in [-0.1, -0.05) is 0 Å². The molecular weight excluding hydrogens is 332 g/mol. The van der Waals surface area contributed by atoms with E-state index in [4.69, 9.17) is 4.74 Å². The number of sulfonamides is 1. The van der Waals surface area contributed by atoms with E-state index in [1.165, 1.54) is 19.0 Å². The zero-order valence-electron chi connectivity index (χ0n) is 13.8.